The summed E-state index contributed by atoms with van der Waals surface area (Å²) in [4.78, 5) is 11.8. The molecule has 0 unspecified atom stereocenters. The number of benzene rings is 2. The van der Waals surface area contributed by atoms with Crippen molar-refractivity contribution in [2.24, 2.45) is 0 Å². The molecule has 1 aromatic heterocycles. The van der Waals surface area contributed by atoms with Crippen LogP contribution in [0.25, 0.3) is 11.3 Å². The van der Waals surface area contributed by atoms with Crippen LogP contribution in [0.2, 0.25) is 0 Å². The number of hydrogen-bond acceptors (Lipinski definition) is 1. The van der Waals surface area contributed by atoms with Crippen LogP contribution in [0, 0.1) is 6.92 Å². The molecule has 2 aromatic carbocycles. The van der Waals surface area contributed by atoms with Crippen LogP contribution in [0.1, 0.15) is 23.6 Å². The van der Waals surface area contributed by atoms with Crippen LogP contribution in [0.15, 0.2) is 71.7 Å². The Labute approximate surface area is 137 Å². The number of nitrogens with zero attached hydrogens (tertiary/aromatic N) is 1. The highest BCUT2D eigenvalue weighted by molar-refractivity contribution is 5.60. The lowest BCUT2D eigenvalue weighted by Crippen LogP contribution is -2.09. The highest BCUT2D eigenvalue weighted by atomic mass is 16.1. The first-order chi connectivity index (χ1) is 11.2. The molecule has 3 rings (SSSR count). The van der Waals surface area contributed by atoms with Crippen LogP contribution in [-0.4, -0.2) is 4.57 Å². The quantitative estimate of drug-likeness (QED) is 0.698. The molecule has 3 aromatic rings. The van der Waals surface area contributed by atoms with E-state index in [9.17, 15) is 4.79 Å². The SMILES string of the molecule is CCc1ccc(Cn2ccc(=O)cc2-c2ccc(C)cc2)cc1. The molecule has 0 atom stereocenters. The van der Waals surface area contributed by atoms with Gasteiger partial charge in [0.05, 0.1) is 5.69 Å². The summed E-state index contributed by atoms with van der Waals surface area (Å²) in [5.41, 5.74) is 5.86. The van der Waals surface area contributed by atoms with Crippen molar-refractivity contribution in [1.82, 2.24) is 4.57 Å². The molecular formula is C21H21NO. The maximum Gasteiger partial charge on any atom is 0.182 e. The minimum Gasteiger partial charge on any atom is -0.343 e. The molecule has 0 saturated carbocycles. The zero-order valence-electron chi connectivity index (χ0n) is 13.6. The van der Waals surface area contributed by atoms with E-state index >= 15 is 0 Å². The van der Waals surface area contributed by atoms with Crippen molar-refractivity contribution in [3.8, 4) is 11.3 Å². The Balaban J connectivity index is 1.98. The summed E-state index contributed by atoms with van der Waals surface area (Å²) in [5.74, 6) is 0. The van der Waals surface area contributed by atoms with Crippen molar-refractivity contribution in [3.63, 3.8) is 0 Å². The average Bonchev–Trinajstić information content (AvgIpc) is 2.58. The highest BCUT2D eigenvalue weighted by Gasteiger charge is 2.05. The van der Waals surface area contributed by atoms with Crippen molar-refractivity contribution < 1.29 is 0 Å². The van der Waals surface area contributed by atoms with Gasteiger partial charge in [-0.15, -0.1) is 0 Å². The largest absolute Gasteiger partial charge is 0.343 e. The molecule has 0 fully saturated rings. The van der Waals surface area contributed by atoms with Gasteiger partial charge < -0.3 is 4.57 Å². The Kier molecular flexibility index (Phi) is 4.42. The molecule has 0 amide bonds. The van der Waals surface area contributed by atoms with Crippen molar-refractivity contribution >= 4 is 0 Å². The minimum absolute atomic E-state index is 0.0400. The molecule has 0 bridgehead atoms. The van der Waals surface area contributed by atoms with Crippen LogP contribution in [0.5, 0.6) is 0 Å². The summed E-state index contributed by atoms with van der Waals surface area (Å²) in [5, 5.41) is 0. The molecule has 0 aliphatic heterocycles. The second-order valence-electron chi connectivity index (χ2n) is 5.91. The second-order valence-corrected chi connectivity index (χ2v) is 5.91. The fourth-order valence-electron chi connectivity index (χ4n) is 2.70. The van der Waals surface area contributed by atoms with Gasteiger partial charge in [0.25, 0.3) is 0 Å². The number of pyridine rings is 1. The van der Waals surface area contributed by atoms with Gasteiger partial charge in [0.1, 0.15) is 0 Å². The lowest BCUT2D eigenvalue weighted by Gasteiger charge is -2.14. The highest BCUT2D eigenvalue weighted by Crippen LogP contribution is 2.20. The Morgan fingerprint density at radius 3 is 2.17 bits per heavy atom. The standard InChI is InChI=1S/C21H21NO/c1-3-17-6-8-18(9-7-17)15-22-13-12-20(23)14-21(22)19-10-4-16(2)5-11-19/h4-14H,3,15H2,1-2H3. The molecular weight excluding hydrogens is 282 g/mol. The van der Waals surface area contributed by atoms with E-state index in [0.29, 0.717) is 0 Å². The Morgan fingerprint density at radius 1 is 0.870 bits per heavy atom. The molecule has 2 heteroatoms. The summed E-state index contributed by atoms with van der Waals surface area (Å²) >= 11 is 0. The third-order valence-electron chi connectivity index (χ3n) is 4.14. The molecule has 0 spiro atoms. The predicted molar refractivity (Wildman–Crippen MR) is 95.8 cm³/mol. The van der Waals surface area contributed by atoms with E-state index < -0.39 is 0 Å². The minimum atomic E-state index is 0.0400. The second kappa shape index (κ2) is 6.66. The van der Waals surface area contributed by atoms with Gasteiger partial charge in [-0.2, -0.15) is 0 Å². The molecule has 0 saturated heterocycles. The molecule has 2 nitrogen and oxygen atoms in total. The number of aromatic nitrogens is 1. The first kappa shape index (κ1) is 15.3. The van der Waals surface area contributed by atoms with Crippen LogP contribution < -0.4 is 5.43 Å². The van der Waals surface area contributed by atoms with Gasteiger partial charge in [0.15, 0.2) is 5.43 Å². The molecule has 1 heterocycles. The van der Waals surface area contributed by atoms with Gasteiger partial charge in [0, 0.05) is 24.9 Å². The van der Waals surface area contributed by atoms with Crippen molar-refractivity contribution in [2.75, 3.05) is 0 Å². The Morgan fingerprint density at radius 2 is 1.52 bits per heavy atom. The third-order valence-corrected chi connectivity index (χ3v) is 4.14. The van der Waals surface area contributed by atoms with Crippen molar-refractivity contribution in [3.05, 3.63) is 93.8 Å². The van der Waals surface area contributed by atoms with E-state index in [-0.39, 0.29) is 5.43 Å². The summed E-state index contributed by atoms with van der Waals surface area (Å²) in [6.45, 7) is 4.98. The predicted octanol–water partition coefficient (Wildman–Crippen LogP) is 4.43. The lowest BCUT2D eigenvalue weighted by molar-refractivity contribution is 0.797. The van der Waals surface area contributed by atoms with E-state index in [0.717, 1.165) is 24.2 Å². The van der Waals surface area contributed by atoms with Gasteiger partial charge >= 0.3 is 0 Å². The summed E-state index contributed by atoms with van der Waals surface area (Å²) in [6.07, 6.45) is 2.93. The Bertz CT molecular complexity index is 842. The van der Waals surface area contributed by atoms with Gasteiger partial charge in [-0.25, -0.2) is 0 Å². The number of rotatable bonds is 4. The van der Waals surface area contributed by atoms with E-state index in [4.69, 9.17) is 0 Å². The van der Waals surface area contributed by atoms with Gasteiger partial charge in [-0.05, 0) is 30.0 Å². The lowest BCUT2D eigenvalue weighted by atomic mass is 10.1. The number of hydrogen-bond donors (Lipinski definition) is 0. The topological polar surface area (TPSA) is 22.0 Å². The monoisotopic (exact) mass is 303 g/mol. The first-order valence-electron chi connectivity index (χ1n) is 8.01. The molecule has 0 radical (unpaired) electrons. The molecule has 0 N–H and O–H groups in total. The summed E-state index contributed by atoms with van der Waals surface area (Å²) in [7, 11) is 0. The first-order valence-corrected chi connectivity index (χ1v) is 8.01. The fourth-order valence-corrected chi connectivity index (χ4v) is 2.70. The smallest absolute Gasteiger partial charge is 0.182 e. The zero-order valence-corrected chi connectivity index (χ0v) is 13.6. The van der Waals surface area contributed by atoms with Gasteiger partial charge in [-0.1, -0.05) is 61.0 Å². The molecule has 0 aliphatic rings. The van der Waals surface area contributed by atoms with Gasteiger partial charge in [-0.3, -0.25) is 4.79 Å². The van der Waals surface area contributed by atoms with E-state index in [1.165, 1.54) is 16.7 Å². The summed E-state index contributed by atoms with van der Waals surface area (Å²) in [6, 6.07) is 20.3. The van der Waals surface area contributed by atoms with Crippen LogP contribution in [0.3, 0.4) is 0 Å². The van der Waals surface area contributed by atoms with E-state index in [1.807, 2.05) is 6.20 Å². The summed E-state index contributed by atoms with van der Waals surface area (Å²) < 4.78 is 2.13. The average molecular weight is 303 g/mol. The van der Waals surface area contributed by atoms with Crippen molar-refractivity contribution in [1.29, 1.82) is 0 Å². The maximum atomic E-state index is 11.8. The van der Waals surface area contributed by atoms with Crippen LogP contribution in [0.4, 0.5) is 0 Å². The van der Waals surface area contributed by atoms with E-state index in [2.05, 4.69) is 66.9 Å². The van der Waals surface area contributed by atoms with Crippen LogP contribution in [-0.2, 0) is 13.0 Å². The Hall–Kier alpha value is -2.61. The van der Waals surface area contributed by atoms with E-state index in [1.54, 1.807) is 12.1 Å². The number of aryl methyl sites for hydroxylation is 2. The third kappa shape index (κ3) is 3.59. The van der Waals surface area contributed by atoms with Crippen LogP contribution >= 0.6 is 0 Å². The fraction of sp³-hybridized carbons (Fsp3) is 0.190. The molecule has 23 heavy (non-hydrogen) atoms. The van der Waals surface area contributed by atoms with Crippen molar-refractivity contribution in [2.45, 2.75) is 26.8 Å². The maximum absolute atomic E-state index is 11.8. The normalized spacial score (nSPS) is 10.7. The molecule has 0 aliphatic carbocycles. The van der Waals surface area contributed by atoms with Gasteiger partial charge in [0.2, 0.25) is 0 Å². The zero-order chi connectivity index (χ0) is 16.2. The molecule has 116 valence electrons.